The number of H-pyrrole nitrogens is 1. The quantitative estimate of drug-likeness (QED) is 0.599. The Kier molecular flexibility index (Phi) is 6.39. The van der Waals surface area contributed by atoms with Crippen molar-refractivity contribution >= 4 is 22.8 Å². The van der Waals surface area contributed by atoms with Crippen molar-refractivity contribution in [2.45, 2.75) is 51.5 Å². The predicted octanol–water partition coefficient (Wildman–Crippen LogP) is 4.13. The van der Waals surface area contributed by atoms with E-state index < -0.39 is 0 Å². The number of amides is 1. The Bertz CT molecular complexity index is 1050. The van der Waals surface area contributed by atoms with Gasteiger partial charge in [-0.1, -0.05) is 18.2 Å². The summed E-state index contributed by atoms with van der Waals surface area (Å²) < 4.78 is 5.41. The first-order chi connectivity index (χ1) is 15.0. The number of fused-ring (bicyclic) bond motifs is 1. The lowest BCUT2D eigenvalue weighted by atomic mass is 9.93. The summed E-state index contributed by atoms with van der Waals surface area (Å²) in [5.41, 5.74) is 2.89. The third-order valence-corrected chi connectivity index (χ3v) is 5.86. The Labute approximate surface area is 183 Å². The van der Waals surface area contributed by atoms with Crippen LogP contribution in [0.25, 0.3) is 11.0 Å². The largest absolute Gasteiger partial charge is 0.496 e. The number of aromatic nitrogens is 3. The number of methoxy groups -OCH3 is 1. The fourth-order valence-corrected chi connectivity index (χ4v) is 4.28. The molecule has 1 aromatic carbocycles. The van der Waals surface area contributed by atoms with Crippen LogP contribution in [0, 0.1) is 0 Å². The molecule has 0 aliphatic carbocycles. The molecule has 1 amide bonds. The molecule has 7 nitrogen and oxygen atoms in total. The lowest BCUT2D eigenvalue weighted by Crippen LogP contribution is -2.39. The zero-order chi connectivity index (χ0) is 21.8. The van der Waals surface area contributed by atoms with Crippen molar-refractivity contribution in [1.82, 2.24) is 20.1 Å². The van der Waals surface area contributed by atoms with E-state index in [-0.39, 0.29) is 11.8 Å². The van der Waals surface area contributed by atoms with Crippen molar-refractivity contribution in [2.75, 3.05) is 25.5 Å². The third-order valence-electron chi connectivity index (χ3n) is 5.86. The van der Waals surface area contributed by atoms with Crippen molar-refractivity contribution in [2.24, 2.45) is 0 Å². The smallest absolute Gasteiger partial charge is 0.222 e. The third kappa shape index (κ3) is 4.81. The van der Waals surface area contributed by atoms with Gasteiger partial charge in [-0.25, -0.2) is 4.98 Å². The molecule has 0 bridgehead atoms. The van der Waals surface area contributed by atoms with Crippen LogP contribution < -0.4 is 10.1 Å². The Hall–Kier alpha value is -3.09. The van der Waals surface area contributed by atoms with Gasteiger partial charge in [-0.15, -0.1) is 0 Å². The maximum Gasteiger partial charge on any atom is 0.222 e. The Morgan fingerprint density at radius 3 is 2.94 bits per heavy atom. The van der Waals surface area contributed by atoms with Crippen molar-refractivity contribution in [3.05, 3.63) is 47.7 Å². The monoisotopic (exact) mass is 421 g/mol. The summed E-state index contributed by atoms with van der Waals surface area (Å²) in [6.45, 7) is 5.71. The second-order valence-electron chi connectivity index (χ2n) is 8.49. The van der Waals surface area contributed by atoms with Gasteiger partial charge in [0, 0.05) is 37.2 Å². The minimum Gasteiger partial charge on any atom is -0.496 e. The van der Waals surface area contributed by atoms with Gasteiger partial charge < -0.3 is 15.0 Å². The highest BCUT2D eigenvalue weighted by atomic mass is 16.5. The van der Waals surface area contributed by atoms with Crippen molar-refractivity contribution in [3.8, 4) is 5.75 Å². The first-order valence-corrected chi connectivity index (χ1v) is 11.1. The number of likely N-dealkylation sites (tertiary alicyclic amines) is 1. The van der Waals surface area contributed by atoms with Gasteiger partial charge in [0.25, 0.3) is 0 Å². The molecule has 1 fully saturated rings. The van der Waals surface area contributed by atoms with Crippen molar-refractivity contribution < 1.29 is 9.53 Å². The van der Waals surface area contributed by atoms with Crippen LogP contribution in [0.15, 0.2) is 36.4 Å². The van der Waals surface area contributed by atoms with E-state index in [1.54, 1.807) is 7.11 Å². The second kappa shape index (κ2) is 9.37. The van der Waals surface area contributed by atoms with Crippen LogP contribution >= 0.6 is 0 Å². The second-order valence-corrected chi connectivity index (χ2v) is 8.49. The van der Waals surface area contributed by atoms with E-state index in [0.29, 0.717) is 25.4 Å². The number of para-hydroxylation sites is 1. The summed E-state index contributed by atoms with van der Waals surface area (Å²) in [7, 11) is 1.67. The average molecular weight is 422 g/mol. The van der Waals surface area contributed by atoms with E-state index in [4.69, 9.17) is 9.72 Å². The van der Waals surface area contributed by atoms with E-state index in [1.807, 2.05) is 29.2 Å². The topological polar surface area (TPSA) is 83.1 Å². The molecule has 0 spiro atoms. The number of carbonyl (C=O) groups excluding carboxylic acids is 1. The number of aromatic amines is 1. The molecule has 1 atom stereocenters. The van der Waals surface area contributed by atoms with Crippen molar-refractivity contribution in [1.29, 1.82) is 0 Å². The SMILES string of the molecule is COc1ccccc1CCC(=O)N1CCC[C@H](c2ccc3c(NC(C)C)n[nH]c3n2)C1. The highest BCUT2D eigenvalue weighted by Gasteiger charge is 2.26. The number of hydrogen-bond donors (Lipinski definition) is 2. The summed E-state index contributed by atoms with van der Waals surface area (Å²) in [6.07, 6.45) is 3.21. The Balaban J connectivity index is 1.41. The van der Waals surface area contributed by atoms with E-state index in [1.165, 1.54) is 0 Å². The first kappa shape index (κ1) is 21.2. The van der Waals surface area contributed by atoms with Crippen LogP contribution in [0.4, 0.5) is 5.82 Å². The van der Waals surface area contributed by atoms with E-state index in [0.717, 1.165) is 53.2 Å². The van der Waals surface area contributed by atoms with Gasteiger partial charge >= 0.3 is 0 Å². The minimum absolute atomic E-state index is 0.196. The Morgan fingerprint density at radius 1 is 1.29 bits per heavy atom. The number of nitrogens with zero attached hydrogens (tertiary/aromatic N) is 3. The number of rotatable bonds is 7. The minimum atomic E-state index is 0.196. The van der Waals surface area contributed by atoms with Gasteiger partial charge in [0.05, 0.1) is 12.5 Å². The molecule has 7 heteroatoms. The van der Waals surface area contributed by atoms with Crippen LogP contribution in [0.3, 0.4) is 0 Å². The molecule has 31 heavy (non-hydrogen) atoms. The lowest BCUT2D eigenvalue weighted by Gasteiger charge is -2.32. The lowest BCUT2D eigenvalue weighted by molar-refractivity contribution is -0.132. The summed E-state index contributed by atoms with van der Waals surface area (Å²) >= 11 is 0. The standard InChI is InChI=1S/C24H31N5O2/c1-16(2)25-23-19-11-12-20(26-24(19)28-27-23)18-8-6-14-29(15-18)22(30)13-10-17-7-4-5-9-21(17)31-3/h4-5,7,9,11-12,16,18H,6,8,10,13-15H2,1-3H3,(H2,25,26,27,28)/t18-/m0/s1. The fraction of sp³-hybridized carbons (Fsp3) is 0.458. The zero-order valence-electron chi connectivity index (χ0n) is 18.5. The molecule has 3 aromatic rings. The van der Waals surface area contributed by atoms with Crippen LogP contribution in [0.1, 0.15) is 50.3 Å². The van der Waals surface area contributed by atoms with Gasteiger partial charge in [0.15, 0.2) is 11.5 Å². The number of hydrogen-bond acceptors (Lipinski definition) is 5. The molecule has 0 saturated carbocycles. The molecule has 3 heterocycles. The molecule has 1 aliphatic rings. The van der Waals surface area contributed by atoms with Crippen LogP contribution in [0.2, 0.25) is 0 Å². The number of carbonyl (C=O) groups is 1. The molecule has 164 valence electrons. The summed E-state index contributed by atoms with van der Waals surface area (Å²) in [4.78, 5) is 19.7. The maximum atomic E-state index is 12.9. The number of anilines is 1. The van der Waals surface area contributed by atoms with Gasteiger partial charge in [-0.2, -0.15) is 5.10 Å². The molecule has 1 saturated heterocycles. The van der Waals surface area contributed by atoms with Crippen LogP contribution in [-0.2, 0) is 11.2 Å². The number of pyridine rings is 1. The number of aryl methyl sites for hydroxylation is 1. The van der Waals surface area contributed by atoms with Crippen molar-refractivity contribution in [3.63, 3.8) is 0 Å². The molecular formula is C24H31N5O2. The molecule has 2 N–H and O–H groups in total. The molecule has 0 unspecified atom stereocenters. The summed E-state index contributed by atoms with van der Waals surface area (Å²) in [5, 5.41) is 11.7. The Morgan fingerprint density at radius 2 is 2.13 bits per heavy atom. The zero-order valence-corrected chi connectivity index (χ0v) is 18.5. The summed E-state index contributed by atoms with van der Waals surface area (Å²) in [5.74, 6) is 2.12. The maximum absolute atomic E-state index is 12.9. The first-order valence-electron chi connectivity index (χ1n) is 11.1. The molecule has 4 rings (SSSR count). The van der Waals surface area contributed by atoms with Crippen LogP contribution in [-0.4, -0.2) is 52.2 Å². The highest BCUT2D eigenvalue weighted by molar-refractivity contribution is 5.87. The average Bonchev–Trinajstić information content (AvgIpc) is 3.19. The number of nitrogens with one attached hydrogen (secondary N) is 2. The summed E-state index contributed by atoms with van der Waals surface area (Å²) in [6, 6.07) is 12.4. The predicted molar refractivity (Wildman–Crippen MR) is 123 cm³/mol. The van der Waals surface area contributed by atoms with E-state index in [2.05, 4.69) is 41.5 Å². The van der Waals surface area contributed by atoms with Gasteiger partial charge in [0.2, 0.25) is 5.91 Å². The highest BCUT2D eigenvalue weighted by Crippen LogP contribution is 2.29. The fourth-order valence-electron chi connectivity index (χ4n) is 4.28. The number of ether oxygens (including phenoxy) is 1. The van der Waals surface area contributed by atoms with E-state index in [9.17, 15) is 4.79 Å². The van der Waals surface area contributed by atoms with Crippen LogP contribution in [0.5, 0.6) is 5.75 Å². The number of piperidine rings is 1. The number of benzene rings is 1. The molecule has 0 radical (unpaired) electrons. The molecular weight excluding hydrogens is 390 g/mol. The van der Waals surface area contributed by atoms with E-state index >= 15 is 0 Å². The normalized spacial score (nSPS) is 16.6. The molecule has 2 aromatic heterocycles. The van der Waals surface area contributed by atoms with Gasteiger partial charge in [-0.05, 0) is 56.9 Å². The van der Waals surface area contributed by atoms with Gasteiger partial charge in [0.1, 0.15) is 5.75 Å². The molecule has 1 aliphatic heterocycles. The van der Waals surface area contributed by atoms with Gasteiger partial charge in [-0.3, -0.25) is 9.89 Å².